The minimum atomic E-state index is 0.0692. The topological polar surface area (TPSA) is 62.5 Å². The fourth-order valence-electron chi connectivity index (χ4n) is 3.92. The Balaban J connectivity index is 1.62. The van der Waals surface area contributed by atoms with Crippen LogP contribution in [0.3, 0.4) is 0 Å². The molecule has 2 aliphatic heterocycles. The molecule has 2 unspecified atom stereocenters. The van der Waals surface area contributed by atoms with Gasteiger partial charge in [-0.2, -0.15) is 4.98 Å². The summed E-state index contributed by atoms with van der Waals surface area (Å²) in [6.07, 6.45) is 6.87. The third-order valence-electron chi connectivity index (χ3n) is 5.60. The number of amides is 1. The Kier molecular flexibility index (Phi) is 6.10. The number of aromatic nitrogens is 2. The van der Waals surface area contributed by atoms with E-state index in [1.165, 1.54) is 12.8 Å². The maximum Gasteiger partial charge on any atom is 0.243 e. The Morgan fingerprint density at radius 3 is 2.44 bits per heavy atom. The van der Waals surface area contributed by atoms with Crippen LogP contribution < -0.4 is 0 Å². The quantitative estimate of drug-likeness (QED) is 0.835. The molecule has 0 aromatic carbocycles. The molecule has 0 radical (unpaired) electrons. The zero-order valence-electron chi connectivity index (χ0n) is 15.9. The third-order valence-corrected chi connectivity index (χ3v) is 5.60. The Morgan fingerprint density at radius 1 is 1.08 bits per heavy atom. The predicted molar refractivity (Wildman–Crippen MR) is 96.1 cm³/mol. The van der Waals surface area contributed by atoms with Crippen molar-refractivity contribution in [1.82, 2.24) is 19.9 Å². The van der Waals surface area contributed by atoms with Gasteiger partial charge in [0.15, 0.2) is 5.82 Å². The lowest BCUT2D eigenvalue weighted by atomic mass is 9.95. The van der Waals surface area contributed by atoms with Gasteiger partial charge in [-0.3, -0.25) is 9.69 Å². The van der Waals surface area contributed by atoms with E-state index in [-0.39, 0.29) is 17.9 Å². The summed E-state index contributed by atoms with van der Waals surface area (Å²) >= 11 is 0. The van der Waals surface area contributed by atoms with Gasteiger partial charge in [-0.05, 0) is 39.2 Å². The van der Waals surface area contributed by atoms with E-state index in [2.05, 4.69) is 40.7 Å². The molecule has 3 rings (SSSR count). The molecule has 0 spiro atoms. The van der Waals surface area contributed by atoms with Gasteiger partial charge in [0, 0.05) is 25.6 Å². The van der Waals surface area contributed by atoms with E-state index < -0.39 is 0 Å². The number of hydrogen-bond donors (Lipinski definition) is 0. The van der Waals surface area contributed by atoms with E-state index in [9.17, 15) is 4.79 Å². The Morgan fingerprint density at radius 2 is 1.80 bits per heavy atom. The molecule has 1 aromatic heterocycles. The number of carbonyl (C=O) groups excluding carboxylic acids is 1. The number of rotatable bonds is 4. The van der Waals surface area contributed by atoms with Gasteiger partial charge in [-0.1, -0.05) is 31.8 Å². The van der Waals surface area contributed by atoms with Crippen molar-refractivity contribution in [2.24, 2.45) is 5.92 Å². The molecule has 2 atom stereocenters. The molecule has 2 aliphatic rings. The maximum atomic E-state index is 13.0. The number of piperidine rings is 1. The molecule has 0 N–H and O–H groups in total. The summed E-state index contributed by atoms with van der Waals surface area (Å²) in [6.45, 7) is 9.90. The van der Waals surface area contributed by atoms with Gasteiger partial charge in [0.05, 0.1) is 12.0 Å². The molecule has 0 bridgehead atoms. The molecule has 2 saturated heterocycles. The highest BCUT2D eigenvalue weighted by Crippen LogP contribution is 2.28. The summed E-state index contributed by atoms with van der Waals surface area (Å²) in [5.74, 6) is 2.17. The van der Waals surface area contributed by atoms with Crippen molar-refractivity contribution in [3.63, 3.8) is 0 Å². The zero-order valence-corrected chi connectivity index (χ0v) is 15.9. The van der Waals surface area contributed by atoms with Gasteiger partial charge in [0.2, 0.25) is 11.8 Å². The van der Waals surface area contributed by atoms with Crippen LogP contribution >= 0.6 is 0 Å². The molecule has 0 saturated carbocycles. The van der Waals surface area contributed by atoms with E-state index in [4.69, 9.17) is 4.52 Å². The lowest BCUT2D eigenvalue weighted by molar-refractivity contribution is -0.137. The Hall–Kier alpha value is -1.43. The van der Waals surface area contributed by atoms with Gasteiger partial charge >= 0.3 is 0 Å². The average Bonchev–Trinajstić information content (AvgIpc) is 2.97. The molecule has 6 heteroatoms. The number of nitrogens with zero attached hydrogens (tertiary/aromatic N) is 4. The smallest absolute Gasteiger partial charge is 0.243 e. The van der Waals surface area contributed by atoms with E-state index in [0.717, 1.165) is 57.7 Å². The second kappa shape index (κ2) is 8.30. The Bertz CT molecular complexity index is 564. The van der Waals surface area contributed by atoms with Crippen molar-refractivity contribution >= 4 is 5.91 Å². The maximum absolute atomic E-state index is 13.0. The summed E-state index contributed by atoms with van der Waals surface area (Å²) < 4.78 is 5.47. The van der Waals surface area contributed by atoms with Crippen LogP contribution in [-0.4, -0.2) is 52.0 Å². The molecule has 3 heterocycles. The molecule has 1 aromatic rings. The monoisotopic (exact) mass is 348 g/mol. The van der Waals surface area contributed by atoms with Crippen LogP contribution in [0.1, 0.15) is 83.0 Å². The number of carbonyl (C=O) groups is 1. The largest absolute Gasteiger partial charge is 0.342 e. The van der Waals surface area contributed by atoms with E-state index in [1.807, 2.05) is 0 Å². The predicted octanol–water partition coefficient (Wildman–Crippen LogP) is 3.37. The third kappa shape index (κ3) is 4.40. The standard InChI is InChI=1S/C19H32N4O2/c1-14(2)17-20-18(25-21-17)15(3)23-12-8-9-16(13-23)19(24)22-10-6-4-5-7-11-22/h14-16H,4-13H2,1-3H3. The number of hydrogen-bond acceptors (Lipinski definition) is 5. The normalized spacial score (nSPS) is 24.3. The first-order valence-corrected chi connectivity index (χ1v) is 9.92. The summed E-state index contributed by atoms with van der Waals surface area (Å²) in [7, 11) is 0. The fourth-order valence-corrected chi connectivity index (χ4v) is 3.92. The lowest BCUT2D eigenvalue weighted by Gasteiger charge is -2.36. The second-order valence-electron chi connectivity index (χ2n) is 7.90. The van der Waals surface area contributed by atoms with Crippen molar-refractivity contribution in [3.8, 4) is 0 Å². The fraction of sp³-hybridized carbons (Fsp3) is 0.842. The van der Waals surface area contributed by atoms with E-state index >= 15 is 0 Å². The first kappa shape index (κ1) is 18.4. The van der Waals surface area contributed by atoms with Gasteiger partial charge in [-0.25, -0.2) is 0 Å². The molecule has 2 fully saturated rings. The van der Waals surface area contributed by atoms with Crippen LogP contribution in [0.15, 0.2) is 4.52 Å². The van der Waals surface area contributed by atoms with Gasteiger partial charge in [0.1, 0.15) is 0 Å². The van der Waals surface area contributed by atoms with Crippen molar-refractivity contribution in [1.29, 1.82) is 0 Å². The number of likely N-dealkylation sites (tertiary alicyclic amines) is 2. The molecular formula is C19H32N4O2. The Labute approximate surface area is 150 Å². The van der Waals surface area contributed by atoms with Crippen LogP contribution in [0, 0.1) is 5.92 Å². The summed E-state index contributed by atoms with van der Waals surface area (Å²) in [4.78, 5) is 21.9. The summed E-state index contributed by atoms with van der Waals surface area (Å²) in [6, 6.07) is 0.0692. The van der Waals surface area contributed by atoms with Crippen LogP contribution in [0.4, 0.5) is 0 Å². The van der Waals surface area contributed by atoms with E-state index in [0.29, 0.717) is 11.8 Å². The first-order chi connectivity index (χ1) is 12.1. The highest BCUT2D eigenvalue weighted by molar-refractivity contribution is 5.79. The van der Waals surface area contributed by atoms with Crippen LogP contribution in [-0.2, 0) is 4.79 Å². The average molecular weight is 348 g/mol. The van der Waals surface area contributed by atoms with Gasteiger partial charge < -0.3 is 9.42 Å². The van der Waals surface area contributed by atoms with Crippen molar-refractivity contribution in [3.05, 3.63) is 11.7 Å². The minimum Gasteiger partial charge on any atom is -0.342 e. The summed E-state index contributed by atoms with van der Waals surface area (Å²) in [5.41, 5.74) is 0. The lowest BCUT2D eigenvalue weighted by Crippen LogP contribution is -2.45. The van der Waals surface area contributed by atoms with Crippen molar-refractivity contribution in [2.75, 3.05) is 26.2 Å². The molecule has 6 nitrogen and oxygen atoms in total. The van der Waals surface area contributed by atoms with Crippen LogP contribution in [0.2, 0.25) is 0 Å². The van der Waals surface area contributed by atoms with E-state index in [1.54, 1.807) is 0 Å². The summed E-state index contributed by atoms with van der Waals surface area (Å²) in [5, 5.41) is 4.08. The van der Waals surface area contributed by atoms with Crippen LogP contribution in [0.25, 0.3) is 0 Å². The zero-order chi connectivity index (χ0) is 17.8. The molecular weight excluding hydrogens is 316 g/mol. The highest BCUT2D eigenvalue weighted by atomic mass is 16.5. The van der Waals surface area contributed by atoms with Gasteiger partial charge in [0.25, 0.3) is 0 Å². The van der Waals surface area contributed by atoms with Crippen LogP contribution in [0.5, 0.6) is 0 Å². The van der Waals surface area contributed by atoms with Crippen molar-refractivity contribution < 1.29 is 9.32 Å². The highest BCUT2D eigenvalue weighted by Gasteiger charge is 2.33. The first-order valence-electron chi connectivity index (χ1n) is 9.92. The van der Waals surface area contributed by atoms with Crippen molar-refractivity contribution in [2.45, 2.75) is 71.3 Å². The molecule has 0 aliphatic carbocycles. The molecule has 140 valence electrons. The SMILES string of the molecule is CC(C)c1noc(C(C)N2CCCC(C(=O)N3CCCCCC3)C2)n1. The second-order valence-corrected chi connectivity index (χ2v) is 7.90. The van der Waals surface area contributed by atoms with Gasteiger partial charge in [-0.15, -0.1) is 0 Å². The molecule has 25 heavy (non-hydrogen) atoms. The molecule has 1 amide bonds. The minimum absolute atomic E-state index is 0.0692.